The number of allylic oxidation sites excluding steroid dienone is 4. The van der Waals surface area contributed by atoms with Gasteiger partial charge in [-0.3, -0.25) is 24.0 Å². The van der Waals surface area contributed by atoms with Crippen molar-refractivity contribution in [1.29, 1.82) is 0 Å². The normalized spacial score (nSPS) is 33.4. The van der Waals surface area contributed by atoms with Gasteiger partial charge in [-0.2, -0.15) is 0 Å². The van der Waals surface area contributed by atoms with E-state index in [2.05, 4.69) is 5.32 Å². The number of methoxy groups -OCH3 is 1. The summed E-state index contributed by atoms with van der Waals surface area (Å²) >= 11 is 0. The van der Waals surface area contributed by atoms with Gasteiger partial charge in [-0.15, -0.1) is 0 Å². The van der Waals surface area contributed by atoms with Crippen LogP contribution in [-0.4, -0.2) is 95.4 Å². The maximum absolute atomic E-state index is 14.6. The van der Waals surface area contributed by atoms with Crippen molar-refractivity contribution in [3.63, 3.8) is 0 Å². The molecule has 6 rings (SSSR count). The summed E-state index contributed by atoms with van der Waals surface area (Å²) in [5.41, 5.74) is -1.14. The topological polar surface area (TPSA) is 176 Å². The summed E-state index contributed by atoms with van der Waals surface area (Å²) in [5.74, 6) is -8.36. The number of rotatable bonds is 5. The first-order chi connectivity index (χ1) is 27.1. The molecule has 58 heavy (non-hydrogen) atoms. The van der Waals surface area contributed by atoms with Crippen LogP contribution in [0.2, 0.25) is 0 Å². The van der Waals surface area contributed by atoms with Crippen LogP contribution < -0.4 is 10.1 Å². The number of ether oxygens (including phenoxy) is 6. The molecule has 4 aliphatic heterocycles. The SMILES string of the molecule is CCN(CC)C1=C2NC(=O)/C(C)=C\C=C/[C@H](C)[C@H]3OC(C)(C)O[C@@H]([C@H](C)[C@H](OC(C)=O)[C@H](C)[C@@H](OC)/C=C\O[C@@]4(C)Oc5c(C)c(O)c(c(c5C4=O)C1=O)C2=O)[C@@H]3C. The van der Waals surface area contributed by atoms with E-state index in [9.17, 15) is 29.1 Å². The van der Waals surface area contributed by atoms with Crippen molar-refractivity contribution in [1.82, 2.24) is 10.2 Å². The van der Waals surface area contributed by atoms with E-state index in [1.165, 1.54) is 34.1 Å². The minimum absolute atomic E-state index is 0.0350. The van der Waals surface area contributed by atoms with Crippen molar-refractivity contribution in [3.05, 3.63) is 69.8 Å². The third-order valence-electron chi connectivity index (χ3n) is 11.8. The quantitative estimate of drug-likeness (QED) is 0.327. The number of esters is 1. The maximum Gasteiger partial charge on any atom is 0.312 e. The molecule has 1 amide bonds. The van der Waals surface area contributed by atoms with Crippen LogP contribution in [0.3, 0.4) is 0 Å². The first-order valence-corrected chi connectivity index (χ1v) is 19.9. The van der Waals surface area contributed by atoms with Gasteiger partial charge in [0.1, 0.15) is 29.0 Å². The molecule has 1 aromatic rings. The highest BCUT2D eigenvalue weighted by molar-refractivity contribution is 6.32. The zero-order chi connectivity index (χ0) is 43.2. The van der Waals surface area contributed by atoms with Gasteiger partial charge in [0.15, 0.2) is 5.79 Å². The number of phenolic OH excluding ortho intramolecular Hbond substituents is 1. The van der Waals surface area contributed by atoms with Gasteiger partial charge < -0.3 is 43.7 Å². The lowest BCUT2D eigenvalue weighted by Gasteiger charge is -2.50. The smallest absolute Gasteiger partial charge is 0.312 e. The highest BCUT2D eigenvalue weighted by atomic mass is 16.7. The Morgan fingerprint density at radius 1 is 0.897 bits per heavy atom. The number of carbonyl (C=O) groups is 5. The number of aromatic hydroxyl groups is 1. The second-order valence-electron chi connectivity index (χ2n) is 16.3. The van der Waals surface area contributed by atoms with Gasteiger partial charge in [0.2, 0.25) is 11.6 Å². The van der Waals surface area contributed by atoms with Gasteiger partial charge >= 0.3 is 11.8 Å². The van der Waals surface area contributed by atoms with Crippen LogP contribution in [-0.2, 0) is 33.3 Å². The molecule has 9 atom stereocenters. The molecule has 2 N–H and O–H groups in total. The number of Topliss-reactive ketones (excluding diaryl/α,β-unsaturated/α-hetero) is 3. The summed E-state index contributed by atoms with van der Waals surface area (Å²) in [6.07, 6.45) is 5.88. The second kappa shape index (κ2) is 16.8. The van der Waals surface area contributed by atoms with Gasteiger partial charge in [-0.25, -0.2) is 0 Å². The molecule has 7 bridgehead atoms. The Hall–Kier alpha value is -4.79. The summed E-state index contributed by atoms with van der Waals surface area (Å²) in [6.45, 7) is 21.4. The zero-order valence-corrected chi connectivity index (χ0v) is 35.8. The fraction of sp³-hybridized carbons (Fsp3) is 0.568. The molecule has 1 fully saturated rings. The molecule has 0 saturated carbocycles. The molecule has 0 unspecified atom stereocenters. The number of nitrogens with one attached hydrogen (secondary N) is 1. The lowest BCUT2D eigenvalue weighted by molar-refractivity contribution is -0.336. The molecule has 316 valence electrons. The average molecular weight is 807 g/mol. The van der Waals surface area contributed by atoms with Crippen LogP contribution in [0.1, 0.15) is 113 Å². The predicted octanol–water partition coefficient (Wildman–Crippen LogP) is 6.10. The monoisotopic (exact) mass is 806 g/mol. The van der Waals surface area contributed by atoms with Crippen LogP contribution in [0.15, 0.2) is 47.5 Å². The molecule has 0 spiro atoms. The summed E-state index contributed by atoms with van der Waals surface area (Å²) in [4.78, 5) is 71.5. The molecule has 14 heteroatoms. The Morgan fingerprint density at radius 2 is 1.53 bits per heavy atom. The Labute approximate surface area is 340 Å². The number of hydrogen-bond acceptors (Lipinski definition) is 13. The number of likely N-dealkylation sites (N-methyl/N-ethyl adjacent to an activating group) is 1. The standard InChI is InChI=1S/C44H58N2O12/c1-14-46(15-2)33-32-35(49)30-29(36(33)50)31-40(24(6)34(30)48)58-44(12,41(31)51)54-20-19-28(53-13)23(5)38(55-27(9)47)26(8)39-25(7)37(56-43(10,11)57-39)21(3)17-16-18-22(4)42(52)45-32/h16-21,23,25-26,28,37-39,48H,14-15H2,1-13H3,(H,45,52)/b17-16-,20-19-,22-18-/t21-,23+,25+,26+,28-,37+,38+,39+,44-/m0/s1. The Bertz CT molecular complexity index is 1990. The molecule has 1 aliphatic carbocycles. The van der Waals surface area contributed by atoms with Crippen LogP contribution >= 0.6 is 0 Å². The van der Waals surface area contributed by atoms with Crippen molar-refractivity contribution in [2.75, 3.05) is 20.2 Å². The van der Waals surface area contributed by atoms with E-state index in [1.54, 1.807) is 43.9 Å². The molecule has 4 heterocycles. The lowest BCUT2D eigenvalue weighted by Crippen LogP contribution is -2.56. The zero-order valence-electron chi connectivity index (χ0n) is 35.8. The molecule has 1 saturated heterocycles. The van der Waals surface area contributed by atoms with Gasteiger partial charge in [-0.1, -0.05) is 45.9 Å². The molecular weight excluding hydrogens is 748 g/mol. The van der Waals surface area contributed by atoms with Crippen LogP contribution in [0.5, 0.6) is 11.5 Å². The molecule has 0 radical (unpaired) electrons. The summed E-state index contributed by atoms with van der Waals surface area (Å²) in [6, 6.07) is 0. The maximum atomic E-state index is 14.6. The number of benzene rings is 1. The Balaban J connectivity index is 1.70. The fourth-order valence-corrected chi connectivity index (χ4v) is 8.60. The molecule has 1 aromatic carbocycles. The van der Waals surface area contributed by atoms with E-state index in [0.29, 0.717) is 0 Å². The lowest BCUT2D eigenvalue weighted by atomic mass is 9.77. The largest absolute Gasteiger partial charge is 0.507 e. The molecule has 0 aromatic heterocycles. The predicted molar refractivity (Wildman–Crippen MR) is 213 cm³/mol. The number of carbonyl (C=O) groups excluding carboxylic acids is 5. The Morgan fingerprint density at radius 3 is 2.14 bits per heavy atom. The number of amides is 1. The second-order valence-corrected chi connectivity index (χ2v) is 16.3. The average Bonchev–Trinajstić information content (AvgIpc) is 3.43. The van der Waals surface area contributed by atoms with Gasteiger partial charge in [0, 0.05) is 68.9 Å². The fourth-order valence-electron chi connectivity index (χ4n) is 8.60. The number of phenols is 1. The van der Waals surface area contributed by atoms with Crippen molar-refractivity contribution >= 4 is 29.2 Å². The molecular formula is C44H58N2O12. The third-order valence-corrected chi connectivity index (χ3v) is 11.8. The Kier molecular flexibility index (Phi) is 12.9. The highest BCUT2D eigenvalue weighted by Gasteiger charge is 2.53. The summed E-state index contributed by atoms with van der Waals surface area (Å²) in [7, 11) is 1.50. The van der Waals surface area contributed by atoms with E-state index < -0.39 is 76.3 Å². The van der Waals surface area contributed by atoms with Crippen LogP contribution in [0.4, 0.5) is 0 Å². The van der Waals surface area contributed by atoms with E-state index in [-0.39, 0.29) is 76.4 Å². The van der Waals surface area contributed by atoms with E-state index in [1.807, 2.05) is 47.6 Å². The van der Waals surface area contributed by atoms with Crippen molar-refractivity contribution in [3.8, 4) is 11.5 Å². The van der Waals surface area contributed by atoms with Gasteiger partial charge in [0.25, 0.3) is 11.7 Å². The molecule has 14 nitrogen and oxygen atoms in total. The van der Waals surface area contributed by atoms with Crippen LogP contribution in [0.25, 0.3) is 0 Å². The number of hydrogen-bond donors (Lipinski definition) is 2. The van der Waals surface area contributed by atoms with E-state index >= 15 is 0 Å². The number of ketones is 3. The minimum atomic E-state index is -2.03. The van der Waals surface area contributed by atoms with Crippen molar-refractivity contribution < 1.29 is 57.5 Å². The van der Waals surface area contributed by atoms with Gasteiger partial charge in [-0.05, 0) is 47.6 Å². The van der Waals surface area contributed by atoms with E-state index in [4.69, 9.17) is 28.4 Å². The highest BCUT2D eigenvalue weighted by Crippen LogP contribution is 2.49. The number of fused-ring (bicyclic) bond motifs is 10. The van der Waals surface area contributed by atoms with Gasteiger partial charge in [0.05, 0.1) is 41.3 Å². The molecule has 5 aliphatic rings. The van der Waals surface area contributed by atoms with Crippen LogP contribution in [0, 0.1) is 30.6 Å². The van der Waals surface area contributed by atoms with E-state index in [0.717, 1.165) is 0 Å². The third kappa shape index (κ3) is 7.98. The van der Waals surface area contributed by atoms with Crippen molar-refractivity contribution in [2.24, 2.45) is 23.7 Å². The summed E-state index contributed by atoms with van der Waals surface area (Å²) < 4.78 is 37.0. The number of nitrogens with zero attached hydrogens (tertiary/aromatic N) is 1. The van der Waals surface area contributed by atoms with Crippen molar-refractivity contribution in [2.45, 2.75) is 119 Å². The first kappa shape index (κ1) is 44.3. The first-order valence-electron chi connectivity index (χ1n) is 19.9. The minimum Gasteiger partial charge on any atom is -0.507 e. The summed E-state index contributed by atoms with van der Waals surface area (Å²) in [5, 5.41) is 14.2.